The molecule has 0 unspecified atom stereocenters. The van der Waals surface area contributed by atoms with E-state index in [0.29, 0.717) is 34.0 Å². The van der Waals surface area contributed by atoms with Crippen LogP contribution in [0.25, 0.3) is 5.65 Å². The number of anilines is 2. The summed E-state index contributed by atoms with van der Waals surface area (Å²) in [4.78, 5) is 28.1. The van der Waals surface area contributed by atoms with E-state index >= 15 is 0 Å². The summed E-state index contributed by atoms with van der Waals surface area (Å²) in [6.45, 7) is 3.17. The molecular weight excluding hydrogens is 322 g/mol. The number of nitrogens with one attached hydrogen (secondary N) is 2. The van der Waals surface area contributed by atoms with Gasteiger partial charge in [0.25, 0.3) is 5.91 Å². The third kappa shape index (κ3) is 3.27. The van der Waals surface area contributed by atoms with Crippen molar-refractivity contribution >= 4 is 28.8 Å². The van der Waals surface area contributed by atoms with E-state index in [2.05, 4.69) is 20.7 Å². The number of aryl methyl sites for hydroxylation is 1. The highest BCUT2D eigenvalue weighted by Gasteiger charge is 2.18. The lowest BCUT2D eigenvalue weighted by Gasteiger charge is -2.11. The van der Waals surface area contributed by atoms with Gasteiger partial charge in [-0.15, -0.1) is 0 Å². The molecule has 0 spiro atoms. The minimum atomic E-state index is -0.319. The monoisotopic (exact) mass is 339 g/mol. The maximum Gasteiger partial charge on any atom is 0.261 e. The number of aromatic nitrogens is 3. The third-order valence-electron chi connectivity index (χ3n) is 3.57. The van der Waals surface area contributed by atoms with E-state index in [-0.39, 0.29) is 11.8 Å². The van der Waals surface area contributed by atoms with Crippen molar-refractivity contribution < 1.29 is 14.3 Å². The van der Waals surface area contributed by atoms with E-state index < -0.39 is 0 Å². The predicted octanol–water partition coefficient (Wildman–Crippen LogP) is 2.26. The topological polar surface area (TPSA) is 97.6 Å². The van der Waals surface area contributed by atoms with Crippen molar-refractivity contribution in [1.82, 2.24) is 14.6 Å². The van der Waals surface area contributed by atoms with Gasteiger partial charge in [-0.05, 0) is 25.1 Å². The number of ether oxygens (including phenoxy) is 1. The van der Waals surface area contributed by atoms with Crippen LogP contribution in [0.3, 0.4) is 0 Å². The number of hydrogen-bond donors (Lipinski definition) is 2. The Kier molecular flexibility index (Phi) is 4.34. The molecule has 3 rings (SSSR count). The second-order valence-electron chi connectivity index (χ2n) is 5.40. The highest BCUT2D eigenvalue weighted by atomic mass is 16.5. The number of rotatable bonds is 4. The highest BCUT2D eigenvalue weighted by Crippen LogP contribution is 2.28. The first-order valence-corrected chi connectivity index (χ1v) is 7.56. The molecule has 2 heterocycles. The Morgan fingerprint density at radius 1 is 1.24 bits per heavy atom. The van der Waals surface area contributed by atoms with Gasteiger partial charge in [0.2, 0.25) is 5.91 Å². The van der Waals surface area contributed by atoms with Crippen LogP contribution >= 0.6 is 0 Å². The zero-order valence-electron chi connectivity index (χ0n) is 14.0. The van der Waals surface area contributed by atoms with Crippen molar-refractivity contribution in [2.75, 3.05) is 17.7 Å². The van der Waals surface area contributed by atoms with Crippen LogP contribution in [0, 0.1) is 6.92 Å². The molecule has 3 aromatic rings. The average Bonchev–Trinajstić information content (AvgIpc) is 2.91. The molecule has 0 aliphatic heterocycles. The summed E-state index contributed by atoms with van der Waals surface area (Å²) in [6, 6.07) is 6.72. The molecule has 1 aromatic carbocycles. The molecule has 2 aromatic heterocycles. The normalized spacial score (nSPS) is 10.5. The fourth-order valence-electron chi connectivity index (χ4n) is 2.52. The summed E-state index contributed by atoms with van der Waals surface area (Å²) in [5.74, 6) is -0.0774. The minimum absolute atomic E-state index is 0.205. The number of nitrogens with zero attached hydrogens (tertiary/aromatic N) is 3. The molecule has 0 aliphatic rings. The first-order chi connectivity index (χ1) is 12.0. The molecule has 2 amide bonds. The molecule has 0 aliphatic carbocycles. The molecule has 0 saturated heterocycles. The fraction of sp³-hybridized carbons (Fsp3) is 0.176. The molecule has 0 radical (unpaired) electrons. The van der Waals surface area contributed by atoms with Crippen molar-refractivity contribution in [3.05, 3.63) is 47.9 Å². The second-order valence-corrected chi connectivity index (χ2v) is 5.40. The summed E-state index contributed by atoms with van der Waals surface area (Å²) >= 11 is 0. The predicted molar refractivity (Wildman–Crippen MR) is 93.0 cm³/mol. The van der Waals surface area contributed by atoms with Crippen LogP contribution in [-0.2, 0) is 4.79 Å². The number of benzene rings is 1. The van der Waals surface area contributed by atoms with Crippen LogP contribution < -0.4 is 15.4 Å². The smallest absolute Gasteiger partial charge is 0.261 e. The van der Waals surface area contributed by atoms with Crippen LogP contribution in [-0.4, -0.2) is 33.5 Å². The number of fused-ring (bicyclic) bond motifs is 1. The SMILES string of the molecule is COc1cc(NC(=O)c2c(C)nn3cccnc23)ccc1NC(C)=O. The zero-order chi connectivity index (χ0) is 18.0. The maximum atomic E-state index is 12.7. The van der Waals surface area contributed by atoms with E-state index in [1.807, 2.05) is 0 Å². The zero-order valence-corrected chi connectivity index (χ0v) is 14.0. The van der Waals surface area contributed by atoms with Crippen molar-refractivity contribution in [3.8, 4) is 5.75 Å². The molecule has 0 fully saturated rings. The maximum absolute atomic E-state index is 12.7. The minimum Gasteiger partial charge on any atom is -0.494 e. The van der Waals surface area contributed by atoms with Gasteiger partial charge < -0.3 is 15.4 Å². The molecular formula is C17H17N5O3. The van der Waals surface area contributed by atoms with Gasteiger partial charge in [0.15, 0.2) is 5.65 Å². The largest absolute Gasteiger partial charge is 0.494 e. The molecule has 25 heavy (non-hydrogen) atoms. The van der Waals surface area contributed by atoms with Gasteiger partial charge in [-0.25, -0.2) is 9.50 Å². The van der Waals surface area contributed by atoms with Crippen molar-refractivity contribution in [3.63, 3.8) is 0 Å². The molecule has 0 bridgehead atoms. The van der Waals surface area contributed by atoms with Crippen molar-refractivity contribution in [2.24, 2.45) is 0 Å². The van der Waals surface area contributed by atoms with E-state index in [9.17, 15) is 9.59 Å². The standard InChI is InChI=1S/C17H17N5O3/c1-10-15(16-18-7-4-8-22(16)21-10)17(24)20-12-5-6-13(19-11(2)23)14(9-12)25-3/h4-9H,1-3H3,(H,19,23)(H,20,24). The van der Waals surface area contributed by atoms with Gasteiger partial charge in [-0.3, -0.25) is 9.59 Å². The van der Waals surface area contributed by atoms with Gasteiger partial charge in [0.05, 0.1) is 18.5 Å². The van der Waals surface area contributed by atoms with Crippen LogP contribution in [0.15, 0.2) is 36.7 Å². The van der Waals surface area contributed by atoms with Gasteiger partial charge in [-0.1, -0.05) is 0 Å². The Bertz CT molecular complexity index is 964. The first kappa shape index (κ1) is 16.4. The Balaban J connectivity index is 1.90. The summed E-state index contributed by atoms with van der Waals surface area (Å²) in [6.07, 6.45) is 3.34. The van der Waals surface area contributed by atoms with Crippen LogP contribution in [0.2, 0.25) is 0 Å². The molecule has 2 N–H and O–H groups in total. The lowest BCUT2D eigenvalue weighted by Crippen LogP contribution is -2.14. The Morgan fingerprint density at radius 2 is 2.04 bits per heavy atom. The van der Waals surface area contributed by atoms with E-state index in [1.165, 1.54) is 14.0 Å². The Hall–Kier alpha value is -3.42. The second kappa shape index (κ2) is 6.60. The molecule has 128 valence electrons. The number of amides is 2. The Morgan fingerprint density at radius 3 is 2.76 bits per heavy atom. The quantitative estimate of drug-likeness (QED) is 0.760. The lowest BCUT2D eigenvalue weighted by molar-refractivity contribution is -0.114. The summed E-state index contributed by atoms with van der Waals surface area (Å²) in [5.41, 5.74) is 2.54. The molecule has 0 saturated carbocycles. The first-order valence-electron chi connectivity index (χ1n) is 7.56. The number of hydrogen-bond acceptors (Lipinski definition) is 5. The number of methoxy groups -OCH3 is 1. The fourth-order valence-corrected chi connectivity index (χ4v) is 2.52. The van der Waals surface area contributed by atoms with Crippen molar-refractivity contribution in [1.29, 1.82) is 0 Å². The van der Waals surface area contributed by atoms with E-state index in [0.717, 1.165) is 0 Å². The van der Waals surface area contributed by atoms with Crippen LogP contribution in [0.1, 0.15) is 23.0 Å². The van der Waals surface area contributed by atoms with Gasteiger partial charge >= 0.3 is 0 Å². The number of carbonyl (C=O) groups excluding carboxylic acids is 2. The summed E-state index contributed by atoms with van der Waals surface area (Å²) < 4.78 is 6.82. The van der Waals surface area contributed by atoms with E-state index in [4.69, 9.17) is 4.74 Å². The van der Waals surface area contributed by atoms with Gasteiger partial charge in [0, 0.05) is 31.1 Å². The molecule has 0 atom stereocenters. The van der Waals surface area contributed by atoms with Crippen LogP contribution in [0.5, 0.6) is 5.75 Å². The average molecular weight is 339 g/mol. The highest BCUT2D eigenvalue weighted by molar-refractivity contribution is 6.09. The summed E-state index contributed by atoms with van der Waals surface area (Å²) in [7, 11) is 1.49. The van der Waals surface area contributed by atoms with Gasteiger partial charge in [0.1, 0.15) is 11.3 Å². The number of carbonyl (C=O) groups is 2. The third-order valence-corrected chi connectivity index (χ3v) is 3.57. The molecule has 8 nitrogen and oxygen atoms in total. The summed E-state index contributed by atoms with van der Waals surface area (Å²) in [5, 5.41) is 9.75. The molecule has 8 heteroatoms. The van der Waals surface area contributed by atoms with Crippen molar-refractivity contribution in [2.45, 2.75) is 13.8 Å². The van der Waals surface area contributed by atoms with E-state index in [1.54, 1.807) is 48.1 Å². The van der Waals surface area contributed by atoms with Gasteiger partial charge in [-0.2, -0.15) is 5.10 Å². The lowest BCUT2D eigenvalue weighted by atomic mass is 10.2. The Labute approximate surface area is 143 Å². The van der Waals surface area contributed by atoms with Crippen LogP contribution in [0.4, 0.5) is 11.4 Å².